The fraction of sp³-hybridized carbons (Fsp3) is 0.533. The fourth-order valence-corrected chi connectivity index (χ4v) is 2.66. The lowest BCUT2D eigenvalue weighted by atomic mass is 9.92. The number of amides is 1. The number of rotatable bonds is 4. The van der Waals surface area contributed by atoms with Gasteiger partial charge in [0.2, 0.25) is 5.91 Å². The number of nitrogens with zero attached hydrogens (tertiary/aromatic N) is 1. The molecule has 1 aliphatic heterocycles. The molecule has 1 aromatic carbocycles. The molecule has 0 bridgehead atoms. The number of hydrogen-bond donors (Lipinski definition) is 2. The minimum Gasteiger partial charge on any atom is -0.329 e. The number of para-hydroxylation sites is 1. The Morgan fingerprint density at radius 2 is 2.16 bits per heavy atom. The Morgan fingerprint density at radius 1 is 1.42 bits per heavy atom. The molecule has 1 aromatic rings. The molecule has 1 fully saturated rings. The summed E-state index contributed by atoms with van der Waals surface area (Å²) < 4.78 is 0. The molecule has 2 rings (SSSR count). The van der Waals surface area contributed by atoms with Crippen LogP contribution in [0.25, 0.3) is 0 Å². The minimum atomic E-state index is 0.0409. The van der Waals surface area contributed by atoms with Gasteiger partial charge in [0.05, 0.1) is 6.54 Å². The molecule has 19 heavy (non-hydrogen) atoms. The van der Waals surface area contributed by atoms with E-state index in [1.54, 1.807) is 0 Å². The first-order valence-electron chi connectivity index (χ1n) is 6.98. The lowest BCUT2D eigenvalue weighted by Crippen LogP contribution is -2.49. The van der Waals surface area contributed by atoms with Gasteiger partial charge >= 0.3 is 0 Å². The van der Waals surface area contributed by atoms with Crippen LogP contribution in [0.2, 0.25) is 0 Å². The highest BCUT2D eigenvalue weighted by Crippen LogP contribution is 2.21. The van der Waals surface area contributed by atoms with Crippen LogP contribution in [0, 0.1) is 5.92 Å². The summed E-state index contributed by atoms with van der Waals surface area (Å²) in [5.74, 6) is 0.751. The second-order valence-corrected chi connectivity index (χ2v) is 5.40. The Hall–Kier alpha value is -1.39. The third-order valence-corrected chi connectivity index (χ3v) is 3.78. The third kappa shape index (κ3) is 4.04. The van der Waals surface area contributed by atoms with E-state index in [1.165, 1.54) is 0 Å². The molecule has 1 amide bonds. The predicted octanol–water partition coefficient (Wildman–Crippen LogP) is 1.68. The van der Waals surface area contributed by atoms with E-state index in [-0.39, 0.29) is 5.91 Å². The molecule has 0 aliphatic carbocycles. The van der Waals surface area contributed by atoms with Crippen molar-refractivity contribution in [3.05, 3.63) is 30.3 Å². The first kappa shape index (κ1) is 14.0. The highest BCUT2D eigenvalue weighted by Gasteiger charge is 2.26. The lowest BCUT2D eigenvalue weighted by molar-refractivity contribution is -0.118. The Balaban J connectivity index is 1.87. The minimum absolute atomic E-state index is 0.0409. The van der Waals surface area contributed by atoms with Gasteiger partial charge in [-0.3, -0.25) is 9.69 Å². The molecule has 0 saturated carbocycles. The van der Waals surface area contributed by atoms with Gasteiger partial charge in [-0.05, 0) is 37.4 Å². The molecule has 2 atom stereocenters. The number of likely N-dealkylation sites (tertiary alicyclic amines) is 1. The van der Waals surface area contributed by atoms with Crippen molar-refractivity contribution in [3.8, 4) is 0 Å². The molecule has 1 heterocycles. The average Bonchev–Trinajstić information content (AvgIpc) is 2.42. The highest BCUT2D eigenvalue weighted by atomic mass is 16.2. The molecule has 4 nitrogen and oxygen atoms in total. The molecule has 0 aromatic heterocycles. The quantitative estimate of drug-likeness (QED) is 0.867. The maximum atomic E-state index is 12.0. The van der Waals surface area contributed by atoms with Crippen LogP contribution in [0.4, 0.5) is 5.69 Å². The van der Waals surface area contributed by atoms with Crippen LogP contribution in [0.15, 0.2) is 30.3 Å². The van der Waals surface area contributed by atoms with Crippen molar-refractivity contribution in [1.82, 2.24) is 4.90 Å². The summed E-state index contributed by atoms with van der Waals surface area (Å²) in [7, 11) is 0. The van der Waals surface area contributed by atoms with E-state index in [0.717, 1.165) is 25.1 Å². The van der Waals surface area contributed by atoms with E-state index in [4.69, 9.17) is 5.73 Å². The van der Waals surface area contributed by atoms with Crippen molar-refractivity contribution in [2.24, 2.45) is 11.7 Å². The first-order chi connectivity index (χ1) is 9.19. The van der Waals surface area contributed by atoms with Gasteiger partial charge in [-0.1, -0.05) is 25.1 Å². The van der Waals surface area contributed by atoms with Gasteiger partial charge in [-0.2, -0.15) is 0 Å². The van der Waals surface area contributed by atoms with E-state index in [9.17, 15) is 4.79 Å². The normalized spacial score (nSPS) is 24.1. The summed E-state index contributed by atoms with van der Waals surface area (Å²) in [6.45, 7) is 4.28. The van der Waals surface area contributed by atoms with Crippen molar-refractivity contribution in [2.45, 2.75) is 25.8 Å². The van der Waals surface area contributed by atoms with E-state index in [1.807, 2.05) is 30.3 Å². The fourth-order valence-electron chi connectivity index (χ4n) is 2.66. The van der Waals surface area contributed by atoms with E-state index < -0.39 is 0 Å². The zero-order valence-corrected chi connectivity index (χ0v) is 11.5. The van der Waals surface area contributed by atoms with E-state index in [2.05, 4.69) is 17.1 Å². The number of nitrogens with one attached hydrogen (secondary N) is 1. The Kier molecular flexibility index (Phi) is 4.93. The summed E-state index contributed by atoms with van der Waals surface area (Å²) in [6.07, 6.45) is 2.24. The van der Waals surface area contributed by atoms with Crippen LogP contribution in [-0.4, -0.2) is 36.5 Å². The zero-order valence-electron chi connectivity index (χ0n) is 11.5. The summed E-state index contributed by atoms with van der Waals surface area (Å²) in [5, 5.41) is 2.92. The van der Waals surface area contributed by atoms with Gasteiger partial charge < -0.3 is 11.1 Å². The number of hydrogen-bond acceptors (Lipinski definition) is 3. The van der Waals surface area contributed by atoms with E-state index in [0.29, 0.717) is 25.0 Å². The number of benzene rings is 1. The van der Waals surface area contributed by atoms with Crippen LogP contribution in [-0.2, 0) is 4.79 Å². The van der Waals surface area contributed by atoms with Crippen molar-refractivity contribution >= 4 is 11.6 Å². The van der Waals surface area contributed by atoms with Gasteiger partial charge in [-0.15, -0.1) is 0 Å². The largest absolute Gasteiger partial charge is 0.329 e. The van der Waals surface area contributed by atoms with Crippen LogP contribution in [0.1, 0.15) is 19.8 Å². The third-order valence-electron chi connectivity index (χ3n) is 3.78. The molecule has 4 heteroatoms. The predicted molar refractivity (Wildman–Crippen MR) is 77.9 cm³/mol. The molecule has 104 valence electrons. The summed E-state index contributed by atoms with van der Waals surface area (Å²) in [6, 6.07) is 9.91. The SMILES string of the molecule is CC1CCN(CC(=O)Nc2ccccc2)C(CN)C1. The monoisotopic (exact) mass is 261 g/mol. The summed E-state index contributed by atoms with van der Waals surface area (Å²) in [5.41, 5.74) is 6.66. The lowest BCUT2D eigenvalue weighted by Gasteiger charge is -2.37. The Morgan fingerprint density at radius 3 is 2.84 bits per heavy atom. The first-order valence-corrected chi connectivity index (χ1v) is 6.98. The molecule has 1 aliphatic rings. The van der Waals surface area contributed by atoms with Crippen molar-refractivity contribution < 1.29 is 4.79 Å². The van der Waals surface area contributed by atoms with E-state index >= 15 is 0 Å². The molecular weight excluding hydrogens is 238 g/mol. The van der Waals surface area contributed by atoms with Gasteiger partial charge in [-0.25, -0.2) is 0 Å². The second kappa shape index (κ2) is 6.68. The molecule has 0 radical (unpaired) electrons. The Labute approximate surface area is 115 Å². The van der Waals surface area contributed by atoms with Crippen LogP contribution in [0.3, 0.4) is 0 Å². The van der Waals surface area contributed by atoms with Gasteiger partial charge in [0, 0.05) is 18.3 Å². The maximum absolute atomic E-state index is 12.0. The average molecular weight is 261 g/mol. The zero-order chi connectivity index (χ0) is 13.7. The maximum Gasteiger partial charge on any atom is 0.238 e. The van der Waals surface area contributed by atoms with Crippen LogP contribution >= 0.6 is 0 Å². The smallest absolute Gasteiger partial charge is 0.238 e. The molecule has 1 saturated heterocycles. The van der Waals surface area contributed by atoms with Gasteiger partial charge in [0.15, 0.2) is 0 Å². The molecular formula is C15H23N3O. The topological polar surface area (TPSA) is 58.4 Å². The van der Waals surface area contributed by atoms with Crippen LogP contribution < -0.4 is 11.1 Å². The second-order valence-electron chi connectivity index (χ2n) is 5.40. The Bertz CT molecular complexity index is 407. The van der Waals surface area contributed by atoms with Gasteiger partial charge in [0.25, 0.3) is 0 Å². The van der Waals surface area contributed by atoms with Crippen molar-refractivity contribution in [1.29, 1.82) is 0 Å². The standard InChI is InChI=1S/C15H23N3O/c1-12-7-8-18(14(9-12)10-16)11-15(19)17-13-5-3-2-4-6-13/h2-6,12,14H,7-11,16H2,1H3,(H,17,19). The number of nitrogens with two attached hydrogens (primary N) is 1. The van der Waals surface area contributed by atoms with Crippen LogP contribution in [0.5, 0.6) is 0 Å². The molecule has 0 spiro atoms. The van der Waals surface area contributed by atoms with Crippen molar-refractivity contribution in [3.63, 3.8) is 0 Å². The number of piperidine rings is 1. The number of carbonyl (C=O) groups is 1. The van der Waals surface area contributed by atoms with Gasteiger partial charge in [0.1, 0.15) is 0 Å². The summed E-state index contributed by atoms with van der Waals surface area (Å²) in [4.78, 5) is 14.2. The van der Waals surface area contributed by atoms with Crippen molar-refractivity contribution in [2.75, 3.05) is 25.0 Å². The molecule has 3 N–H and O–H groups in total. The number of anilines is 1. The molecule has 2 unspecified atom stereocenters. The summed E-state index contributed by atoms with van der Waals surface area (Å²) >= 11 is 0. The number of carbonyl (C=O) groups excluding carboxylic acids is 1. The highest BCUT2D eigenvalue weighted by molar-refractivity contribution is 5.92.